The van der Waals surface area contributed by atoms with E-state index in [2.05, 4.69) is 5.32 Å². The Morgan fingerprint density at radius 2 is 2.00 bits per heavy atom. The average molecular weight is 195 g/mol. The normalized spacial score (nSPS) is 9.21. The fourth-order valence-electron chi connectivity index (χ4n) is 0.883. The number of para-hydroxylation sites is 1. The highest BCUT2D eigenvalue weighted by Gasteiger charge is 2.12. The van der Waals surface area contributed by atoms with Gasteiger partial charge in [-0.05, 0) is 12.1 Å². The lowest BCUT2D eigenvalue weighted by molar-refractivity contribution is 0.0694. The number of aromatic carboxylic acids is 1. The van der Waals surface area contributed by atoms with Crippen LogP contribution in [0.5, 0.6) is 5.75 Å². The summed E-state index contributed by atoms with van der Waals surface area (Å²) in [7, 11) is 1.39. The first-order valence-electron chi connectivity index (χ1n) is 3.87. The summed E-state index contributed by atoms with van der Waals surface area (Å²) >= 11 is 0. The Morgan fingerprint density at radius 1 is 1.36 bits per heavy atom. The van der Waals surface area contributed by atoms with Crippen molar-refractivity contribution in [3.05, 3.63) is 29.8 Å². The molecule has 0 saturated heterocycles. The zero-order chi connectivity index (χ0) is 10.6. The molecule has 14 heavy (non-hydrogen) atoms. The molecule has 0 aliphatic carbocycles. The molecular weight excluding hydrogens is 186 g/mol. The van der Waals surface area contributed by atoms with Crippen molar-refractivity contribution in [2.24, 2.45) is 0 Å². The van der Waals surface area contributed by atoms with Crippen LogP contribution in [-0.4, -0.2) is 24.2 Å². The number of nitrogens with one attached hydrogen (secondary N) is 1. The Bertz CT molecular complexity index is 362. The standard InChI is InChI=1S/C9H9NO4/c1-10-9(13)14-7-5-3-2-4-6(7)8(11)12/h2-5H,1H3,(H,10,13)(H,11,12). The lowest BCUT2D eigenvalue weighted by Crippen LogP contribution is -2.23. The van der Waals surface area contributed by atoms with Gasteiger partial charge in [0.05, 0.1) is 0 Å². The predicted octanol–water partition coefficient (Wildman–Crippen LogP) is 1.10. The highest BCUT2D eigenvalue weighted by molar-refractivity contribution is 5.91. The third-order valence-electron chi connectivity index (χ3n) is 1.52. The fourth-order valence-corrected chi connectivity index (χ4v) is 0.883. The largest absolute Gasteiger partial charge is 0.478 e. The summed E-state index contributed by atoms with van der Waals surface area (Å²) < 4.78 is 4.73. The minimum Gasteiger partial charge on any atom is -0.478 e. The summed E-state index contributed by atoms with van der Waals surface area (Å²) in [4.78, 5) is 21.5. The maximum Gasteiger partial charge on any atom is 0.412 e. The van der Waals surface area contributed by atoms with Gasteiger partial charge < -0.3 is 15.2 Å². The van der Waals surface area contributed by atoms with Gasteiger partial charge in [-0.2, -0.15) is 0 Å². The molecule has 5 heteroatoms. The summed E-state index contributed by atoms with van der Waals surface area (Å²) in [5, 5.41) is 11.0. The molecule has 0 heterocycles. The maximum absolute atomic E-state index is 10.8. The Morgan fingerprint density at radius 3 is 2.57 bits per heavy atom. The second-order valence-electron chi connectivity index (χ2n) is 2.44. The van der Waals surface area contributed by atoms with E-state index in [4.69, 9.17) is 9.84 Å². The van der Waals surface area contributed by atoms with Gasteiger partial charge in [0, 0.05) is 7.05 Å². The van der Waals surface area contributed by atoms with Gasteiger partial charge in [-0.15, -0.1) is 0 Å². The Labute approximate surface area is 80.3 Å². The Balaban J connectivity index is 2.95. The van der Waals surface area contributed by atoms with Crippen molar-refractivity contribution in [3.8, 4) is 5.75 Å². The number of carbonyl (C=O) groups excluding carboxylic acids is 1. The van der Waals surface area contributed by atoms with E-state index in [1.54, 1.807) is 12.1 Å². The molecule has 0 aliphatic heterocycles. The van der Waals surface area contributed by atoms with E-state index in [1.165, 1.54) is 19.2 Å². The van der Waals surface area contributed by atoms with E-state index in [1.807, 2.05) is 0 Å². The van der Waals surface area contributed by atoms with Crippen molar-refractivity contribution in [2.45, 2.75) is 0 Å². The SMILES string of the molecule is CNC(=O)Oc1ccccc1C(=O)O. The van der Waals surface area contributed by atoms with Crippen molar-refractivity contribution in [1.29, 1.82) is 0 Å². The molecule has 1 rings (SSSR count). The van der Waals surface area contributed by atoms with Gasteiger partial charge in [-0.3, -0.25) is 0 Å². The summed E-state index contributed by atoms with van der Waals surface area (Å²) in [5.41, 5.74) is -0.0453. The number of amides is 1. The van der Waals surface area contributed by atoms with Crippen LogP contribution in [0.2, 0.25) is 0 Å². The van der Waals surface area contributed by atoms with Crippen molar-refractivity contribution in [1.82, 2.24) is 5.32 Å². The van der Waals surface area contributed by atoms with Gasteiger partial charge in [0.15, 0.2) is 0 Å². The summed E-state index contributed by atoms with van der Waals surface area (Å²) in [6, 6.07) is 5.92. The zero-order valence-electron chi connectivity index (χ0n) is 7.48. The van der Waals surface area contributed by atoms with Crippen LogP contribution in [0.3, 0.4) is 0 Å². The van der Waals surface area contributed by atoms with Gasteiger partial charge in [0.1, 0.15) is 11.3 Å². The van der Waals surface area contributed by atoms with Crippen LogP contribution in [0.4, 0.5) is 4.79 Å². The predicted molar refractivity (Wildman–Crippen MR) is 48.5 cm³/mol. The molecule has 0 unspecified atom stereocenters. The van der Waals surface area contributed by atoms with Crippen LogP contribution < -0.4 is 10.1 Å². The third kappa shape index (κ3) is 2.22. The summed E-state index contributed by atoms with van der Waals surface area (Å²) in [5.74, 6) is -1.11. The second-order valence-corrected chi connectivity index (χ2v) is 2.44. The number of benzene rings is 1. The number of carboxylic acids is 1. The van der Waals surface area contributed by atoms with Gasteiger partial charge in [0.25, 0.3) is 0 Å². The molecule has 0 spiro atoms. The molecule has 0 atom stereocenters. The number of carboxylic acid groups (broad SMARTS) is 1. The first-order chi connectivity index (χ1) is 6.65. The van der Waals surface area contributed by atoms with E-state index in [9.17, 15) is 9.59 Å². The fraction of sp³-hybridized carbons (Fsp3) is 0.111. The molecule has 1 aromatic carbocycles. The first kappa shape index (κ1) is 10.0. The first-order valence-corrected chi connectivity index (χ1v) is 3.87. The van der Waals surface area contributed by atoms with Crippen molar-refractivity contribution >= 4 is 12.1 Å². The monoisotopic (exact) mass is 195 g/mol. The van der Waals surface area contributed by atoms with Crippen LogP contribution in [-0.2, 0) is 0 Å². The summed E-state index contributed by atoms with van der Waals surface area (Å²) in [6.45, 7) is 0. The average Bonchev–Trinajstić information content (AvgIpc) is 2.18. The third-order valence-corrected chi connectivity index (χ3v) is 1.52. The molecule has 0 radical (unpaired) electrons. The smallest absolute Gasteiger partial charge is 0.412 e. The Hall–Kier alpha value is -2.04. The number of rotatable bonds is 2. The number of carbonyl (C=O) groups is 2. The lowest BCUT2D eigenvalue weighted by Gasteiger charge is -2.05. The molecular formula is C9H9NO4. The minimum absolute atomic E-state index is 0.0272. The van der Waals surface area contributed by atoms with E-state index in [0.29, 0.717) is 0 Å². The maximum atomic E-state index is 10.8. The Kier molecular flexibility index (Phi) is 3.06. The molecule has 0 aromatic heterocycles. The van der Waals surface area contributed by atoms with Gasteiger partial charge in [0.2, 0.25) is 0 Å². The van der Waals surface area contributed by atoms with Crippen LogP contribution >= 0.6 is 0 Å². The topological polar surface area (TPSA) is 75.6 Å². The van der Waals surface area contributed by atoms with Crippen LogP contribution in [0, 0.1) is 0 Å². The molecule has 1 amide bonds. The van der Waals surface area contributed by atoms with Gasteiger partial charge >= 0.3 is 12.1 Å². The van der Waals surface area contributed by atoms with Crippen molar-refractivity contribution in [2.75, 3.05) is 7.05 Å². The lowest BCUT2D eigenvalue weighted by atomic mass is 10.2. The molecule has 0 aliphatic rings. The minimum atomic E-state index is -1.13. The van der Waals surface area contributed by atoms with E-state index in [0.717, 1.165) is 0 Å². The molecule has 74 valence electrons. The van der Waals surface area contributed by atoms with E-state index >= 15 is 0 Å². The molecule has 1 aromatic rings. The summed E-state index contributed by atoms with van der Waals surface area (Å²) in [6.07, 6.45) is -0.696. The van der Waals surface area contributed by atoms with Gasteiger partial charge in [-0.25, -0.2) is 9.59 Å². The van der Waals surface area contributed by atoms with E-state index in [-0.39, 0.29) is 11.3 Å². The van der Waals surface area contributed by atoms with Crippen LogP contribution in [0.1, 0.15) is 10.4 Å². The van der Waals surface area contributed by atoms with Crippen molar-refractivity contribution < 1.29 is 19.4 Å². The zero-order valence-corrected chi connectivity index (χ0v) is 7.48. The number of hydrogen-bond donors (Lipinski definition) is 2. The molecule has 0 bridgehead atoms. The highest BCUT2D eigenvalue weighted by atomic mass is 16.6. The van der Waals surface area contributed by atoms with Crippen LogP contribution in [0.25, 0.3) is 0 Å². The van der Waals surface area contributed by atoms with Crippen molar-refractivity contribution in [3.63, 3.8) is 0 Å². The molecule has 0 fully saturated rings. The number of ether oxygens (including phenoxy) is 1. The molecule has 2 N–H and O–H groups in total. The highest BCUT2D eigenvalue weighted by Crippen LogP contribution is 2.17. The molecule has 0 saturated carbocycles. The quantitative estimate of drug-likeness (QED) is 0.740. The second kappa shape index (κ2) is 4.27. The van der Waals surface area contributed by atoms with Crippen LogP contribution in [0.15, 0.2) is 24.3 Å². The number of hydrogen-bond acceptors (Lipinski definition) is 3. The molecule has 5 nitrogen and oxygen atoms in total. The van der Waals surface area contributed by atoms with E-state index < -0.39 is 12.1 Å². The van der Waals surface area contributed by atoms with Gasteiger partial charge in [-0.1, -0.05) is 12.1 Å².